The van der Waals surface area contributed by atoms with E-state index in [9.17, 15) is 4.79 Å². The van der Waals surface area contributed by atoms with E-state index in [1.165, 1.54) is 18.7 Å². The summed E-state index contributed by atoms with van der Waals surface area (Å²) in [6.07, 6.45) is 6.35. The second-order valence-electron chi connectivity index (χ2n) is 4.65. The molecule has 2 aromatic rings. The maximum absolute atomic E-state index is 12.4. The van der Waals surface area contributed by atoms with Crippen molar-refractivity contribution >= 4 is 5.91 Å². The molecule has 3 heterocycles. The lowest BCUT2D eigenvalue weighted by atomic mass is 10.1. The van der Waals surface area contributed by atoms with Crippen molar-refractivity contribution < 1.29 is 9.32 Å². The number of likely N-dealkylation sites (tertiary alicyclic amines) is 1. The number of rotatable bonds is 2. The van der Waals surface area contributed by atoms with E-state index in [0.29, 0.717) is 5.56 Å². The summed E-state index contributed by atoms with van der Waals surface area (Å²) in [7, 11) is 0. The Balaban J connectivity index is 1.86. The highest BCUT2D eigenvalue weighted by atomic mass is 16.5. The van der Waals surface area contributed by atoms with Gasteiger partial charge in [0.15, 0.2) is 5.76 Å². The van der Waals surface area contributed by atoms with Gasteiger partial charge in [-0.15, -0.1) is 0 Å². The Morgan fingerprint density at radius 2 is 2.21 bits per heavy atom. The molecule has 1 amide bonds. The van der Waals surface area contributed by atoms with Crippen molar-refractivity contribution in [1.82, 2.24) is 20.0 Å². The van der Waals surface area contributed by atoms with Crippen LogP contribution in [0.3, 0.4) is 0 Å². The van der Waals surface area contributed by atoms with Gasteiger partial charge in [-0.3, -0.25) is 4.79 Å². The number of amides is 1. The molecular formula is C13H14N4O2. The molecule has 0 aliphatic carbocycles. The Morgan fingerprint density at radius 1 is 1.42 bits per heavy atom. The minimum absolute atomic E-state index is 0.0334. The fourth-order valence-corrected chi connectivity index (χ4v) is 2.42. The van der Waals surface area contributed by atoms with Crippen LogP contribution in [0.1, 0.15) is 40.7 Å². The van der Waals surface area contributed by atoms with Gasteiger partial charge >= 0.3 is 0 Å². The zero-order valence-electron chi connectivity index (χ0n) is 10.6. The molecule has 6 nitrogen and oxygen atoms in total. The molecular weight excluding hydrogens is 244 g/mol. The van der Waals surface area contributed by atoms with Crippen molar-refractivity contribution in [2.24, 2.45) is 0 Å². The Morgan fingerprint density at radius 3 is 2.89 bits per heavy atom. The predicted octanol–water partition coefficient (Wildman–Crippen LogP) is 1.75. The normalized spacial score (nSPS) is 18.8. The van der Waals surface area contributed by atoms with Crippen molar-refractivity contribution in [2.75, 3.05) is 6.54 Å². The molecule has 1 fully saturated rings. The molecule has 1 unspecified atom stereocenters. The molecule has 1 aliphatic heterocycles. The number of carbonyl (C=O) groups is 1. The number of hydrogen-bond donors (Lipinski definition) is 0. The maximum atomic E-state index is 12.4. The molecule has 0 radical (unpaired) electrons. The summed E-state index contributed by atoms with van der Waals surface area (Å²) in [5.74, 6) is 0.692. The Hall–Kier alpha value is -2.24. The van der Waals surface area contributed by atoms with E-state index in [1.807, 2.05) is 13.0 Å². The average molecular weight is 258 g/mol. The first-order valence-corrected chi connectivity index (χ1v) is 6.25. The summed E-state index contributed by atoms with van der Waals surface area (Å²) in [5.41, 5.74) is 1.34. The van der Waals surface area contributed by atoms with Crippen LogP contribution < -0.4 is 0 Å². The summed E-state index contributed by atoms with van der Waals surface area (Å²) in [4.78, 5) is 22.0. The minimum Gasteiger partial charge on any atom is -0.359 e. The van der Waals surface area contributed by atoms with E-state index in [1.54, 1.807) is 4.90 Å². The number of nitrogens with zero attached hydrogens (tertiary/aromatic N) is 4. The summed E-state index contributed by atoms with van der Waals surface area (Å²) in [6.45, 7) is 2.59. The Bertz CT molecular complexity index is 581. The standard InChI is InChI=1S/C13H14N4O2/c1-9-5-12(19-16-9)11-3-2-4-17(11)13(18)10-6-14-8-15-7-10/h5-8,11H,2-4H2,1H3. The van der Waals surface area contributed by atoms with Crippen LogP contribution in [0.4, 0.5) is 0 Å². The Labute approximate surface area is 110 Å². The summed E-state index contributed by atoms with van der Waals surface area (Å²) in [6, 6.07) is 1.85. The van der Waals surface area contributed by atoms with E-state index < -0.39 is 0 Å². The smallest absolute Gasteiger partial charge is 0.257 e. The van der Waals surface area contributed by atoms with Crippen LogP contribution in [-0.4, -0.2) is 32.5 Å². The van der Waals surface area contributed by atoms with E-state index in [2.05, 4.69) is 15.1 Å². The van der Waals surface area contributed by atoms with Gasteiger partial charge in [0.2, 0.25) is 0 Å². The van der Waals surface area contributed by atoms with Crippen LogP contribution in [0.5, 0.6) is 0 Å². The molecule has 0 saturated carbocycles. The largest absolute Gasteiger partial charge is 0.359 e. The zero-order valence-corrected chi connectivity index (χ0v) is 10.6. The van der Waals surface area contributed by atoms with Crippen LogP contribution in [-0.2, 0) is 0 Å². The molecule has 98 valence electrons. The van der Waals surface area contributed by atoms with Crippen LogP contribution in [0.2, 0.25) is 0 Å². The predicted molar refractivity (Wildman–Crippen MR) is 66.3 cm³/mol. The number of carbonyl (C=O) groups excluding carboxylic acids is 1. The fraction of sp³-hybridized carbons (Fsp3) is 0.385. The van der Waals surface area contributed by atoms with Crippen LogP contribution in [0.15, 0.2) is 29.3 Å². The number of hydrogen-bond acceptors (Lipinski definition) is 5. The topological polar surface area (TPSA) is 72.1 Å². The number of aromatic nitrogens is 3. The van der Waals surface area contributed by atoms with E-state index in [0.717, 1.165) is 30.8 Å². The molecule has 0 aromatic carbocycles. The molecule has 3 rings (SSSR count). The van der Waals surface area contributed by atoms with Gasteiger partial charge in [0.25, 0.3) is 5.91 Å². The van der Waals surface area contributed by atoms with Gasteiger partial charge in [-0.1, -0.05) is 5.16 Å². The van der Waals surface area contributed by atoms with Crippen molar-refractivity contribution in [3.63, 3.8) is 0 Å². The van der Waals surface area contributed by atoms with Gasteiger partial charge in [0.05, 0.1) is 17.3 Å². The molecule has 0 spiro atoms. The van der Waals surface area contributed by atoms with Gasteiger partial charge in [-0.05, 0) is 19.8 Å². The summed E-state index contributed by atoms with van der Waals surface area (Å²) >= 11 is 0. The first-order chi connectivity index (χ1) is 9.25. The monoisotopic (exact) mass is 258 g/mol. The molecule has 6 heteroatoms. The van der Waals surface area contributed by atoms with E-state index in [-0.39, 0.29) is 11.9 Å². The first kappa shape index (κ1) is 11.8. The molecule has 1 saturated heterocycles. The molecule has 0 bridgehead atoms. The third kappa shape index (κ3) is 2.21. The third-order valence-corrected chi connectivity index (χ3v) is 3.30. The molecule has 2 aromatic heterocycles. The van der Waals surface area contributed by atoms with E-state index >= 15 is 0 Å². The second-order valence-corrected chi connectivity index (χ2v) is 4.65. The van der Waals surface area contributed by atoms with Crippen LogP contribution in [0, 0.1) is 6.92 Å². The highest BCUT2D eigenvalue weighted by Gasteiger charge is 2.33. The first-order valence-electron chi connectivity index (χ1n) is 6.25. The summed E-state index contributed by atoms with van der Waals surface area (Å²) < 4.78 is 5.29. The Kier molecular flexibility index (Phi) is 2.98. The summed E-state index contributed by atoms with van der Waals surface area (Å²) in [5, 5.41) is 3.89. The van der Waals surface area contributed by atoms with E-state index in [4.69, 9.17) is 4.52 Å². The van der Waals surface area contributed by atoms with Crippen molar-refractivity contribution in [3.8, 4) is 0 Å². The van der Waals surface area contributed by atoms with Crippen molar-refractivity contribution in [1.29, 1.82) is 0 Å². The second kappa shape index (κ2) is 4.79. The third-order valence-electron chi connectivity index (χ3n) is 3.30. The zero-order chi connectivity index (χ0) is 13.2. The van der Waals surface area contributed by atoms with Crippen molar-refractivity contribution in [3.05, 3.63) is 41.8 Å². The highest BCUT2D eigenvalue weighted by Crippen LogP contribution is 2.33. The molecule has 1 atom stereocenters. The van der Waals surface area contributed by atoms with Gasteiger partial charge in [0, 0.05) is 25.0 Å². The lowest BCUT2D eigenvalue weighted by Gasteiger charge is -2.22. The number of aryl methyl sites for hydroxylation is 1. The molecule has 0 N–H and O–H groups in total. The van der Waals surface area contributed by atoms with Gasteiger partial charge in [0.1, 0.15) is 6.33 Å². The van der Waals surface area contributed by atoms with Gasteiger partial charge in [-0.2, -0.15) is 0 Å². The maximum Gasteiger partial charge on any atom is 0.257 e. The fourth-order valence-electron chi connectivity index (χ4n) is 2.42. The van der Waals surface area contributed by atoms with Crippen molar-refractivity contribution in [2.45, 2.75) is 25.8 Å². The van der Waals surface area contributed by atoms with Gasteiger partial charge in [-0.25, -0.2) is 9.97 Å². The minimum atomic E-state index is -0.0582. The lowest BCUT2D eigenvalue weighted by Crippen LogP contribution is -2.30. The molecule has 1 aliphatic rings. The van der Waals surface area contributed by atoms with Crippen LogP contribution >= 0.6 is 0 Å². The molecule has 19 heavy (non-hydrogen) atoms. The average Bonchev–Trinajstić information content (AvgIpc) is 3.07. The highest BCUT2D eigenvalue weighted by molar-refractivity contribution is 5.94. The lowest BCUT2D eigenvalue weighted by molar-refractivity contribution is 0.0713. The SMILES string of the molecule is Cc1cc(C2CCCN2C(=O)c2cncnc2)on1. The quantitative estimate of drug-likeness (QED) is 0.820. The van der Waals surface area contributed by atoms with Gasteiger partial charge < -0.3 is 9.42 Å². The van der Waals surface area contributed by atoms with Crippen LogP contribution in [0.25, 0.3) is 0 Å².